The van der Waals surface area contributed by atoms with E-state index >= 15 is 0 Å². The molecule has 0 unspecified atom stereocenters. The first kappa shape index (κ1) is 17.7. The number of carbonyl (C=O) groups is 1. The van der Waals surface area contributed by atoms with Crippen LogP contribution in [0.1, 0.15) is 35.8 Å². The Morgan fingerprint density at radius 2 is 1.93 bits per heavy atom. The number of piperidine rings is 1. The van der Waals surface area contributed by atoms with E-state index in [1.165, 1.54) is 11.6 Å². The van der Waals surface area contributed by atoms with E-state index in [4.69, 9.17) is 0 Å². The van der Waals surface area contributed by atoms with E-state index in [0.717, 1.165) is 48.4 Å². The molecule has 0 aliphatic carbocycles. The summed E-state index contributed by atoms with van der Waals surface area (Å²) in [6, 6.07) is 13.1. The van der Waals surface area contributed by atoms with Crippen LogP contribution in [-0.4, -0.2) is 33.4 Å². The van der Waals surface area contributed by atoms with Crippen LogP contribution in [0.2, 0.25) is 0 Å². The Hall–Kier alpha value is -2.69. The van der Waals surface area contributed by atoms with Gasteiger partial charge in [-0.25, -0.2) is 9.37 Å². The summed E-state index contributed by atoms with van der Waals surface area (Å²) in [5.41, 5.74) is 3.91. The quantitative estimate of drug-likeness (QED) is 0.698. The van der Waals surface area contributed by atoms with E-state index in [-0.39, 0.29) is 17.8 Å². The molecular formula is C22H24FN3O. The van der Waals surface area contributed by atoms with Crippen molar-refractivity contribution in [2.24, 2.45) is 0 Å². The molecule has 0 bridgehead atoms. The Bertz CT molecular complexity index is 986. The van der Waals surface area contributed by atoms with Crippen molar-refractivity contribution in [2.45, 2.75) is 39.2 Å². The predicted octanol–water partition coefficient (Wildman–Crippen LogP) is 4.20. The third-order valence-corrected chi connectivity index (χ3v) is 5.45. The first-order chi connectivity index (χ1) is 13.0. The number of carbonyl (C=O) groups excluding carboxylic acids is 1. The van der Waals surface area contributed by atoms with Gasteiger partial charge in [-0.1, -0.05) is 29.8 Å². The number of aryl methyl sites for hydroxylation is 2. The summed E-state index contributed by atoms with van der Waals surface area (Å²) in [5, 5.41) is 0. The molecule has 1 aromatic heterocycles. The smallest absolute Gasteiger partial charge is 0.226 e. The fourth-order valence-electron chi connectivity index (χ4n) is 4.13. The van der Waals surface area contributed by atoms with E-state index in [1.807, 2.05) is 36.9 Å². The standard InChI is InChI=1S/C22H24FN3O/c1-15-4-3-5-17(12-15)13-22(27)25-10-8-19(9-11-25)26-16(2)24-20-7-6-18(23)14-21(20)26/h3-7,12,14,19H,8-11,13H2,1-2H3. The Morgan fingerprint density at radius 3 is 2.67 bits per heavy atom. The number of benzene rings is 2. The van der Waals surface area contributed by atoms with Crippen molar-refractivity contribution >= 4 is 16.9 Å². The molecule has 5 heteroatoms. The van der Waals surface area contributed by atoms with Crippen LogP contribution >= 0.6 is 0 Å². The summed E-state index contributed by atoms with van der Waals surface area (Å²) in [6.07, 6.45) is 2.18. The third-order valence-electron chi connectivity index (χ3n) is 5.45. The van der Waals surface area contributed by atoms with E-state index in [9.17, 15) is 9.18 Å². The number of imidazole rings is 1. The van der Waals surface area contributed by atoms with Gasteiger partial charge in [0, 0.05) is 19.1 Å². The number of aromatic nitrogens is 2. The summed E-state index contributed by atoms with van der Waals surface area (Å²) in [4.78, 5) is 19.2. The first-order valence-corrected chi connectivity index (χ1v) is 9.48. The number of hydrogen-bond acceptors (Lipinski definition) is 2. The second kappa shape index (κ2) is 7.14. The summed E-state index contributed by atoms with van der Waals surface area (Å²) in [5.74, 6) is 0.840. The zero-order valence-corrected chi connectivity index (χ0v) is 15.8. The van der Waals surface area contributed by atoms with Crippen LogP contribution < -0.4 is 0 Å². The van der Waals surface area contributed by atoms with Gasteiger partial charge >= 0.3 is 0 Å². The lowest BCUT2D eigenvalue weighted by Gasteiger charge is -2.33. The molecule has 0 N–H and O–H groups in total. The number of hydrogen-bond donors (Lipinski definition) is 0. The Morgan fingerprint density at radius 1 is 1.15 bits per heavy atom. The summed E-state index contributed by atoms with van der Waals surface area (Å²) in [6.45, 7) is 5.46. The molecule has 2 aromatic carbocycles. The summed E-state index contributed by atoms with van der Waals surface area (Å²) < 4.78 is 15.8. The van der Waals surface area contributed by atoms with Gasteiger partial charge < -0.3 is 9.47 Å². The van der Waals surface area contributed by atoms with Crippen LogP contribution in [-0.2, 0) is 11.2 Å². The van der Waals surface area contributed by atoms with Crippen LogP contribution in [0.5, 0.6) is 0 Å². The van der Waals surface area contributed by atoms with Gasteiger partial charge in [-0.3, -0.25) is 4.79 Å². The lowest BCUT2D eigenvalue weighted by Crippen LogP contribution is -2.40. The molecule has 0 radical (unpaired) electrons. The van der Waals surface area contributed by atoms with Crippen LogP contribution in [0, 0.1) is 19.7 Å². The molecule has 1 amide bonds. The SMILES string of the molecule is Cc1cccc(CC(=O)N2CCC(n3c(C)nc4ccc(F)cc43)CC2)c1. The number of halogens is 1. The van der Waals surface area contributed by atoms with Crippen LogP contribution in [0.25, 0.3) is 11.0 Å². The van der Waals surface area contributed by atoms with Crippen molar-refractivity contribution in [1.29, 1.82) is 0 Å². The largest absolute Gasteiger partial charge is 0.342 e. The maximum absolute atomic E-state index is 13.7. The highest BCUT2D eigenvalue weighted by molar-refractivity contribution is 5.79. The number of rotatable bonds is 3. The Labute approximate surface area is 158 Å². The minimum Gasteiger partial charge on any atom is -0.342 e. The topological polar surface area (TPSA) is 38.1 Å². The molecule has 0 atom stereocenters. The van der Waals surface area contributed by atoms with E-state index < -0.39 is 0 Å². The van der Waals surface area contributed by atoms with E-state index in [2.05, 4.69) is 15.6 Å². The third kappa shape index (κ3) is 3.59. The molecule has 27 heavy (non-hydrogen) atoms. The van der Waals surface area contributed by atoms with Gasteiger partial charge in [0.25, 0.3) is 0 Å². The molecule has 1 saturated heterocycles. The van der Waals surface area contributed by atoms with Gasteiger partial charge in [0.05, 0.1) is 17.5 Å². The molecule has 140 valence electrons. The minimum atomic E-state index is -0.241. The first-order valence-electron chi connectivity index (χ1n) is 9.48. The van der Waals surface area contributed by atoms with Crippen molar-refractivity contribution in [3.8, 4) is 0 Å². The second-order valence-electron chi connectivity index (χ2n) is 7.44. The highest BCUT2D eigenvalue weighted by Crippen LogP contribution is 2.29. The molecular weight excluding hydrogens is 341 g/mol. The van der Waals surface area contributed by atoms with Gasteiger partial charge in [0.15, 0.2) is 0 Å². The molecule has 0 spiro atoms. The van der Waals surface area contributed by atoms with E-state index in [1.54, 1.807) is 12.1 Å². The fraction of sp³-hybridized carbons (Fsp3) is 0.364. The highest BCUT2D eigenvalue weighted by atomic mass is 19.1. The number of nitrogens with zero attached hydrogens (tertiary/aromatic N) is 3. The van der Waals surface area contributed by atoms with Crippen LogP contribution in [0.4, 0.5) is 4.39 Å². The fourth-order valence-corrected chi connectivity index (χ4v) is 4.13. The molecule has 2 heterocycles. The second-order valence-corrected chi connectivity index (χ2v) is 7.44. The zero-order valence-electron chi connectivity index (χ0n) is 15.8. The lowest BCUT2D eigenvalue weighted by molar-refractivity contribution is -0.131. The van der Waals surface area contributed by atoms with Gasteiger partial charge in [-0.2, -0.15) is 0 Å². The average Bonchev–Trinajstić information content (AvgIpc) is 2.97. The molecule has 1 aliphatic rings. The normalized spacial score (nSPS) is 15.4. The van der Waals surface area contributed by atoms with Crippen LogP contribution in [0.3, 0.4) is 0 Å². The van der Waals surface area contributed by atoms with Crippen LogP contribution in [0.15, 0.2) is 42.5 Å². The summed E-state index contributed by atoms with van der Waals surface area (Å²) in [7, 11) is 0. The molecule has 3 aromatic rings. The Kier molecular flexibility index (Phi) is 4.68. The number of fused-ring (bicyclic) bond motifs is 1. The monoisotopic (exact) mass is 365 g/mol. The van der Waals surface area contributed by atoms with Crippen molar-refractivity contribution in [2.75, 3.05) is 13.1 Å². The number of likely N-dealkylation sites (tertiary alicyclic amines) is 1. The molecule has 0 saturated carbocycles. The lowest BCUT2D eigenvalue weighted by atomic mass is 10.0. The molecule has 4 nitrogen and oxygen atoms in total. The highest BCUT2D eigenvalue weighted by Gasteiger charge is 2.26. The maximum atomic E-state index is 13.7. The predicted molar refractivity (Wildman–Crippen MR) is 104 cm³/mol. The molecule has 1 aliphatic heterocycles. The minimum absolute atomic E-state index is 0.178. The van der Waals surface area contributed by atoms with Crippen molar-refractivity contribution < 1.29 is 9.18 Å². The van der Waals surface area contributed by atoms with Gasteiger partial charge in [-0.05, 0) is 50.5 Å². The summed E-state index contributed by atoms with van der Waals surface area (Å²) >= 11 is 0. The maximum Gasteiger partial charge on any atom is 0.226 e. The zero-order chi connectivity index (χ0) is 19.0. The van der Waals surface area contributed by atoms with Crippen molar-refractivity contribution in [1.82, 2.24) is 14.5 Å². The van der Waals surface area contributed by atoms with Crippen molar-refractivity contribution in [3.05, 3.63) is 65.2 Å². The van der Waals surface area contributed by atoms with Gasteiger partial charge in [0.1, 0.15) is 11.6 Å². The van der Waals surface area contributed by atoms with Crippen molar-refractivity contribution in [3.63, 3.8) is 0 Å². The molecule has 4 rings (SSSR count). The van der Waals surface area contributed by atoms with Gasteiger partial charge in [-0.15, -0.1) is 0 Å². The number of amides is 1. The van der Waals surface area contributed by atoms with E-state index in [0.29, 0.717) is 6.42 Å². The Balaban J connectivity index is 1.45. The van der Waals surface area contributed by atoms with Gasteiger partial charge in [0.2, 0.25) is 5.91 Å². The average molecular weight is 365 g/mol. The molecule has 1 fully saturated rings.